The number of likely N-dealkylation sites (tertiary alicyclic amines) is 1. The van der Waals surface area contributed by atoms with E-state index >= 15 is 0 Å². The van der Waals surface area contributed by atoms with Crippen LogP contribution in [0.15, 0.2) is 47.1 Å². The fourth-order valence-electron chi connectivity index (χ4n) is 4.68. The highest BCUT2D eigenvalue weighted by Crippen LogP contribution is 2.25. The number of nitrogens with one attached hydrogen (secondary N) is 1. The SMILES string of the molecule is NC(=O)[C@@H]1CCCN(c2ccc(C(=O)NC[C@@H](c3ccco3)N3CCCCC3)cc2)C1. The predicted octanol–water partition coefficient (Wildman–Crippen LogP) is 2.94. The molecule has 2 aliphatic heterocycles. The molecule has 2 atom stereocenters. The number of carbonyl (C=O) groups excluding carboxylic acids is 2. The average Bonchev–Trinajstić information content (AvgIpc) is 3.34. The second kappa shape index (κ2) is 10.0. The van der Waals surface area contributed by atoms with Gasteiger partial charge < -0.3 is 20.4 Å². The smallest absolute Gasteiger partial charge is 0.251 e. The molecule has 0 aliphatic carbocycles. The van der Waals surface area contributed by atoms with Gasteiger partial charge in [-0.25, -0.2) is 0 Å². The molecule has 7 heteroatoms. The Morgan fingerprint density at radius 1 is 1.06 bits per heavy atom. The summed E-state index contributed by atoms with van der Waals surface area (Å²) in [6.07, 6.45) is 7.10. The fourth-order valence-corrected chi connectivity index (χ4v) is 4.68. The third kappa shape index (κ3) is 5.28. The van der Waals surface area contributed by atoms with Gasteiger partial charge >= 0.3 is 0 Å². The van der Waals surface area contributed by atoms with Crippen molar-refractivity contribution in [3.8, 4) is 0 Å². The van der Waals surface area contributed by atoms with Gasteiger partial charge in [0.15, 0.2) is 0 Å². The molecule has 1 aromatic carbocycles. The lowest BCUT2D eigenvalue weighted by atomic mass is 9.97. The molecule has 4 rings (SSSR count). The Kier molecular flexibility index (Phi) is 6.92. The van der Waals surface area contributed by atoms with E-state index < -0.39 is 0 Å². The third-order valence-electron chi connectivity index (χ3n) is 6.48. The molecular formula is C24H32N4O3. The van der Waals surface area contributed by atoms with Crippen LogP contribution in [0.2, 0.25) is 0 Å². The van der Waals surface area contributed by atoms with Gasteiger partial charge in [0.1, 0.15) is 5.76 Å². The van der Waals surface area contributed by atoms with Gasteiger partial charge in [0.25, 0.3) is 5.91 Å². The van der Waals surface area contributed by atoms with Gasteiger partial charge in [-0.05, 0) is 75.2 Å². The zero-order valence-corrected chi connectivity index (χ0v) is 18.0. The number of nitrogens with zero attached hydrogens (tertiary/aromatic N) is 2. The maximum atomic E-state index is 12.8. The van der Waals surface area contributed by atoms with E-state index in [1.165, 1.54) is 19.3 Å². The third-order valence-corrected chi connectivity index (χ3v) is 6.48. The lowest BCUT2D eigenvalue weighted by molar-refractivity contribution is -0.122. The van der Waals surface area contributed by atoms with E-state index in [1.54, 1.807) is 6.26 Å². The van der Waals surface area contributed by atoms with E-state index in [0.717, 1.165) is 43.9 Å². The van der Waals surface area contributed by atoms with Crippen molar-refractivity contribution >= 4 is 17.5 Å². The Hall–Kier alpha value is -2.80. The summed E-state index contributed by atoms with van der Waals surface area (Å²) in [4.78, 5) is 28.9. The van der Waals surface area contributed by atoms with E-state index in [1.807, 2.05) is 36.4 Å². The van der Waals surface area contributed by atoms with Crippen LogP contribution in [0.25, 0.3) is 0 Å². The number of nitrogens with two attached hydrogens (primary N) is 1. The standard InChI is InChI=1S/C24H32N4O3/c25-23(29)19-6-4-14-28(17-19)20-10-8-18(9-11-20)24(30)26-16-21(22-7-5-15-31-22)27-12-2-1-3-13-27/h5,7-11,15,19,21H,1-4,6,12-14,16-17H2,(H2,25,29)(H,26,30)/t19-,21+/m1/s1. The van der Waals surface area contributed by atoms with Crippen LogP contribution in [0.3, 0.4) is 0 Å². The molecule has 3 N–H and O–H groups in total. The van der Waals surface area contributed by atoms with E-state index in [0.29, 0.717) is 18.7 Å². The van der Waals surface area contributed by atoms with Gasteiger partial charge in [-0.2, -0.15) is 0 Å². The lowest BCUT2D eigenvalue weighted by Crippen LogP contribution is -2.41. The van der Waals surface area contributed by atoms with Crippen molar-refractivity contribution < 1.29 is 14.0 Å². The molecule has 31 heavy (non-hydrogen) atoms. The molecule has 0 unspecified atom stereocenters. The van der Waals surface area contributed by atoms with Gasteiger partial charge in [0, 0.05) is 30.9 Å². The molecule has 2 aliphatic rings. The van der Waals surface area contributed by atoms with Crippen molar-refractivity contribution in [2.45, 2.75) is 38.1 Å². The molecule has 0 spiro atoms. The molecule has 2 aromatic rings. The number of hydrogen-bond acceptors (Lipinski definition) is 5. The van der Waals surface area contributed by atoms with E-state index in [2.05, 4.69) is 15.1 Å². The molecule has 0 saturated carbocycles. The quantitative estimate of drug-likeness (QED) is 0.713. The van der Waals surface area contributed by atoms with Crippen LogP contribution >= 0.6 is 0 Å². The molecule has 166 valence electrons. The molecule has 7 nitrogen and oxygen atoms in total. The summed E-state index contributed by atoms with van der Waals surface area (Å²) in [5, 5.41) is 3.09. The highest BCUT2D eigenvalue weighted by molar-refractivity contribution is 5.94. The van der Waals surface area contributed by atoms with Crippen LogP contribution in [-0.4, -0.2) is 49.4 Å². The highest BCUT2D eigenvalue weighted by atomic mass is 16.3. The zero-order valence-electron chi connectivity index (χ0n) is 18.0. The molecule has 3 heterocycles. The maximum Gasteiger partial charge on any atom is 0.251 e. The molecule has 1 aromatic heterocycles. The van der Waals surface area contributed by atoms with Gasteiger partial charge in [-0.3, -0.25) is 14.5 Å². The largest absolute Gasteiger partial charge is 0.468 e. The number of primary amides is 1. The number of benzene rings is 1. The van der Waals surface area contributed by atoms with Gasteiger partial charge in [0.05, 0.1) is 18.2 Å². The number of anilines is 1. The number of amides is 2. The second-order valence-electron chi connectivity index (χ2n) is 8.57. The van der Waals surface area contributed by atoms with Crippen molar-refractivity contribution in [3.05, 3.63) is 54.0 Å². The van der Waals surface area contributed by atoms with Crippen LogP contribution < -0.4 is 16.0 Å². The molecule has 2 saturated heterocycles. The summed E-state index contributed by atoms with van der Waals surface area (Å²) >= 11 is 0. The summed E-state index contributed by atoms with van der Waals surface area (Å²) in [7, 11) is 0. The van der Waals surface area contributed by atoms with Crippen molar-refractivity contribution in [2.75, 3.05) is 37.6 Å². The van der Waals surface area contributed by atoms with Gasteiger partial charge in [0.2, 0.25) is 5.91 Å². The zero-order chi connectivity index (χ0) is 21.6. The highest BCUT2D eigenvalue weighted by Gasteiger charge is 2.26. The van der Waals surface area contributed by atoms with E-state index in [4.69, 9.17) is 10.2 Å². The molecule has 2 amide bonds. The molecular weight excluding hydrogens is 392 g/mol. The van der Waals surface area contributed by atoms with E-state index in [9.17, 15) is 9.59 Å². The first kappa shape index (κ1) is 21.4. The Morgan fingerprint density at radius 3 is 2.52 bits per heavy atom. The molecule has 0 bridgehead atoms. The first-order chi connectivity index (χ1) is 15.1. The Bertz CT molecular complexity index is 859. The first-order valence-electron chi connectivity index (χ1n) is 11.3. The number of hydrogen-bond donors (Lipinski definition) is 2. The van der Waals surface area contributed by atoms with Crippen molar-refractivity contribution in [1.29, 1.82) is 0 Å². The number of furan rings is 1. The minimum Gasteiger partial charge on any atom is -0.468 e. The number of carbonyl (C=O) groups is 2. The second-order valence-corrected chi connectivity index (χ2v) is 8.57. The average molecular weight is 425 g/mol. The monoisotopic (exact) mass is 424 g/mol. The van der Waals surface area contributed by atoms with Gasteiger partial charge in [-0.1, -0.05) is 6.42 Å². The summed E-state index contributed by atoms with van der Waals surface area (Å²) in [5.41, 5.74) is 7.14. The fraction of sp³-hybridized carbons (Fsp3) is 0.500. The van der Waals surface area contributed by atoms with Crippen LogP contribution in [0.5, 0.6) is 0 Å². The van der Waals surface area contributed by atoms with Crippen molar-refractivity contribution in [3.63, 3.8) is 0 Å². The Labute approximate surface area is 183 Å². The molecule has 2 fully saturated rings. The van der Waals surface area contributed by atoms with Crippen LogP contribution in [0.1, 0.15) is 54.3 Å². The summed E-state index contributed by atoms with van der Waals surface area (Å²) in [6.45, 7) is 4.11. The predicted molar refractivity (Wildman–Crippen MR) is 120 cm³/mol. The summed E-state index contributed by atoms with van der Waals surface area (Å²) in [6, 6.07) is 11.5. The Morgan fingerprint density at radius 2 is 1.84 bits per heavy atom. The maximum absolute atomic E-state index is 12.8. The van der Waals surface area contributed by atoms with Crippen LogP contribution in [0, 0.1) is 5.92 Å². The summed E-state index contributed by atoms with van der Waals surface area (Å²) < 4.78 is 5.66. The van der Waals surface area contributed by atoms with Crippen LogP contribution in [-0.2, 0) is 4.79 Å². The van der Waals surface area contributed by atoms with Crippen LogP contribution in [0.4, 0.5) is 5.69 Å². The van der Waals surface area contributed by atoms with Crippen molar-refractivity contribution in [2.24, 2.45) is 11.7 Å². The summed E-state index contributed by atoms with van der Waals surface area (Å²) in [5.74, 6) is 0.464. The first-order valence-corrected chi connectivity index (χ1v) is 11.3. The van der Waals surface area contributed by atoms with E-state index in [-0.39, 0.29) is 23.8 Å². The number of rotatable bonds is 7. The minimum absolute atomic E-state index is 0.0533. The molecule has 0 radical (unpaired) electrons. The Balaban J connectivity index is 1.37. The van der Waals surface area contributed by atoms with Gasteiger partial charge in [-0.15, -0.1) is 0 Å². The minimum atomic E-state index is -0.236. The topological polar surface area (TPSA) is 91.8 Å². The normalized spacial score (nSPS) is 20.9. The number of piperidine rings is 2. The lowest BCUT2D eigenvalue weighted by Gasteiger charge is -2.33. The van der Waals surface area contributed by atoms with Crippen molar-refractivity contribution in [1.82, 2.24) is 10.2 Å².